The van der Waals surface area contributed by atoms with Crippen molar-refractivity contribution in [1.82, 2.24) is 14.6 Å². The average Bonchev–Trinajstić information content (AvgIpc) is 3.12. The number of halogens is 1. The molecule has 0 spiro atoms. The van der Waals surface area contributed by atoms with Crippen LogP contribution in [0.4, 0.5) is 0 Å². The van der Waals surface area contributed by atoms with Gasteiger partial charge in [0.1, 0.15) is 5.69 Å². The average molecular weight is 418 g/mol. The number of para-hydroxylation sites is 1. The Labute approximate surface area is 168 Å². The fraction of sp³-hybridized carbons (Fsp3) is 0.250. The maximum absolute atomic E-state index is 12.8. The highest BCUT2D eigenvalue weighted by atomic mass is 35.5. The molecule has 4 rings (SSSR count). The first-order valence-electron chi connectivity index (χ1n) is 9.07. The zero-order chi connectivity index (χ0) is 19.7. The highest BCUT2D eigenvalue weighted by Crippen LogP contribution is 2.20. The number of nitrogens with one attached hydrogen (secondary N) is 2. The molecule has 1 aromatic heterocycles. The Morgan fingerprint density at radius 1 is 1.07 bits per heavy atom. The first-order chi connectivity index (χ1) is 13.4. The number of nitrogens with zero attached hydrogens (tertiary/aromatic N) is 1. The smallest absolute Gasteiger partial charge is 0.270 e. The second kappa shape index (κ2) is 7.58. The summed E-state index contributed by atoms with van der Waals surface area (Å²) in [5, 5.41) is 1.49. The summed E-state index contributed by atoms with van der Waals surface area (Å²) in [6, 6.07) is 15.5. The van der Waals surface area contributed by atoms with Crippen molar-refractivity contribution in [3.8, 4) is 0 Å². The van der Waals surface area contributed by atoms with E-state index in [1.165, 1.54) is 12.1 Å². The number of fused-ring (bicyclic) bond motifs is 1. The molecular formula is C20H20ClN3O3S. The Kier molecular flexibility index (Phi) is 5.14. The first kappa shape index (κ1) is 19.0. The monoisotopic (exact) mass is 417 g/mol. The van der Waals surface area contributed by atoms with Crippen LogP contribution in [0.25, 0.3) is 10.9 Å². The molecule has 1 amide bonds. The summed E-state index contributed by atoms with van der Waals surface area (Å²) in [5.41, 5.74) is 1.48. The molecule has 8 heteroatoms. The van der Waals surface area contributed by atoms with Gasteiger partial charge in [0.2, 0.25) is 10.0 Å². The van der Waals surface area contributed by atoms with Gasteiger partial charge in [-0.1, -0.05) is 29.8 Å². The van der Waals surface area contributed by atoms with Crippen molar-refractivity contribution in [1.29, 1.82) is 0 Å². The first-order valence-corrected chi connectivity index (χ1v) is 10.9. The highest BCUT2D eigenvalue weighted by molar-refractivity contribution is 7.89. The summed E-state index contributed by atoms with van der Waals surface area (Å²) in [6.45, 7) is 1.00. The van der Waals surface area contributed by atoms with Crippen LogP contribution in [0.15, 0.2) is 59.5 Å². The van der Waals surface area contributed by atoms with Crippen LogP contribution in [-0.2, 0) is 10.0 Å². The normalized spacial score (nSPS) is 15.8. The van der Waals surface area contributed by atoms with E-state index in [2.05, 4.69) is 9.71 Å². The van der Waals surface area contributed by atoms with Gasteiger partial charge in [-0.2, -0.15) is 0 Å². The Morgan fingerprint density at radius 3 is 2.43 bits per heavy atom. The molecule has 0 radical (unpaired) electrons. The van der Waals surface area contributed by atoms with E-state index in [0.717, 1.165) is 10.9 Å². The number of hydrogen-bond donors (Lipinski definition) is 2. The summed E-state index contributed by atoms with van der Waals surface area (Å²) in [7, 11) is -3.60. The number of aromatic amines is 1. The Morgan fingerprint density at radius 2 is 1.75 bits per heavy atom. The molecule has 6 nitrogen and oxygen atoms in total. The van der Waals surface area contributed by atoms with Crippen molar-refractivity contribution in [3.63, 3.8) is 0 Å². The Bertz CT molecular complexity index is 1070. The highest BCUT2D eigenvalue weighted by Gasteiger charge is 2.27. The number of carbonyl (C=O) groups excluding carboxylic acids is 1. The van der Waals surface area contributed by atoms with Gasteiger partial charge in [-0.15, -0.1) is 0 Å². The van der Waals surface area contributed by atoms with E-state index < -0.39 is 10.0 Å². The Balaban J connectivity index is 1.39. The third kappa shape index (κ3) is 3.92. The number of likely N-dealkylation sites (tertiary alicyclic amines) is 1. The predicted molar refractivity (Wildman–Crippen MR) is 109 cm³/mol. The zero-order valence-corrected chi connectivity index (χ0v) is 16.6. The van der Waals surface area contributed by atoms with Crippen LogP contribution in [0, 0.1) is 0 Å². The van der Waals surface area contributed by atoms with Crippen LogP contribution in [0.2, 0.25) is 5.02 Å². The van der Waals surface area contributed by atoms with E-state index in [1.807, 2.05) is 30.3 Å². The van der Waals surface area contributed by atoms with Gasteiger partial charge in [-0.3, -0.25) is 4.79 Å². The summed E-state index contributed by atoms with van der Waals surface area (Å²) in [5.74, 6) is -0.0600. The molecule has 0 saturated carbocycles. The van der Waals surface area contributed by atoms with Gasteiger partial charge >= 0.3 is 0 Å². The molecule has 1 aliphatic heterocycles. The van der Waals surface area contributed by atoms with Gasteiger partial charge in [0, 0.05) is 35.1 Å². The van der Waals surface area contributed by atoms with Gasteiger partial charge < -0.3 is 9.88 Å². The van der Waals surface area contributed by atoms with E-state index in [0.29, 0.717) is 36.6 Å². The Hall–Kier alpha value is -2.35. The SMILES string of the molecule is O=C(c1cc2ccccc2[nH]1)N1CCC(NS(=O)(=O)c2ccc(Cl)cc2)CC1. The van der Waals surface area contributed by atoms with E-state index in [-0.39, 0.29) is 16.8 Å². The molecule has 2 N–H and O–H groups in total. The molecule has 3 aromatic rings. The maximum Gasteiger partial charge on any atom is 0.270 e. The molecular weight excluding hydrogens is 398 g/mol. The lowest BCUT2D eigenvalue weighted by atomic mass is 10.1. The lowest BCUT2D eigenvalue weighted by Gasteiger charge is -2.32. The molecule has 1 aliphatic rings. The number of carbonyl (C=O) groups is 1. The van der Waals surface area contributed by atoms with Gasteiger partial charge in [0.05, 0.1) is 4.90 Å². The van der Waals surface area contributed by atoms with Crippen molar-refractivity contribution < 1.29 is 13.2 Å². The minimum atomic E-state index is -3.60. The van der Waals surface area contributed by atoms with Crippen LogP contribution >= 0.6 is 11.6 Å². The van der Waals surface area contributed by atoms with Gasteiger partial charge in [0.15, 0.2) is 0 Å². The second-order valence-electron chi connectivity index (χ2n) is 6.91. The number of piperidine rings is 1. The summed E-state index contributed by atoms with van der Waals surface area (Å²) in [4.78, 5) is 17.9. The lowest BCUT2D eigenvalue weighted by molar-refractivity contribution is 0.0706. The van der Waals surface area contributed by atoms with Crippen LogP contribution in [0.5, 0.6) is 0 Å². The molecule has 0 atom stereocenters. The number of hydrogen-bond acceptors (Lipinski definition) is 3. The fourth-order valence-corrected chi connectivity index (χ4v) is 4.89. The van der Waals surface area contributed by atoms with Gasteiger partial charge in [0.25, 0.3) is 5.91 Å². The third-order valence-electron chi connectivity index (χ3n) is 4.99. The van der Waals surface area contributed by atoms with E-state index in [9.17, 15) is 13.2 Å². The van der Waals surface area contributed by atoms with Crippen LogP contribution < -0.4 is 4.72 Å². The van der Waals surface area contributed by atoms with Gasteiger partial charge in [-0.05, 0) is 49.2 Å². The minimum Gasteiger partial charge on any atom is -0.351 e. The van der Waals surface area contributed by atoms with Crippen molar-refractivity contribution in [2.24, 2.45) is 0 Å². The molecule has 1 saturated heterocycles. The van der Waals surface area contributed by atoms with Crippen LogP contribution in [-0.4, -0.2) is 43.3 Å². The predicted octanol–water partition coefficient (Wildman–Crippen LogP) is 3.40. The largest absolute Gasteiger partial charge is 0.351 e. The van der Waals surface area contributed by atoms with E-state index >= 15 is 0 Å². The molecule has 0 unspecified atom stereocenters. The van der Waals surface area contributed by atoms with Crippen molar-refractivity contribution in [2.45, 2.75) is 23.8 Å². The molecule has 146 valence electrons. The van der Waals surface area contributed by atoms with Gasteiger partial charge in [-0.25, -0.2) is 13.1 Å². The maximum atomic E-state index is 12.8. The van der Waals surface area contributed by atoms with Crippen LogP contribution in [0.3, 0.4) is 0 Å². The summed E-state index contributed by atoms with van der Waals surface area (Å²) < 4.78 is 27.8. The second-order valence-corrected chi connectivity index (χ2v) is 9.06. The van der Waals surface area contributed by atoms with Crippen molar-refractivity contribution in [2.75, 3.05) is 13.1 Å². The number of H-pyrrole nitrogens is 1. The van der Waals surface area contributed by atoms with Crippen molar-refractivity contribution >= 4 is 38.4 Å². The molecule has 0 aliphatic carbocycles. The quantitative estimate of drug-likeness (QED) is 0.682. The fourth-order valence-electron chi connectivity index (χ4n) is 3.46. The molecule has 0 bridgehead atoms. The number of rotatable bonds is 4. The number of amides is 1. The zero-order valence-electron chi connectivity index (χ0n) is 15.1. The lowest BCUT2D eigenvalue weighted by Crippen LogP contribution is -2.46. The number of benzene rings is 2. The summed E-state index contributed by atoms with van der Waals surface area (Å²) >= 11 is 5.82. The third-order valence-corrected chi connectivity index (χ3v) is 6.78. The van der Waals surface area contributed by atoms with E-state index in [1.54, 1.807) is 17.0 Å². The van der Waals surface area contributed by atoms with E-state index in [4.69, 9.17) is 11.6 Å². The minimum absolute atomic E-state index is 0.0600. The summed E-state index contributed by atoms with van der Waals surface area (Å²) in [6.07, 6.45) is 1.14. The topological polar surface area (TPSA) is 82.3 Å². The van der Waals surface area contributed by atoms with Crippen LogP contribution in [0.1, 0.15) is 23.3 Å². The molecule has 2 heterocycles. The molecule has 28 heavy (non-hydrogen) atoms. The van der Waals surface area contributed by atoms with Crippen molar-refractivity contribution in [3.05, 3.63) is 65.3 Å². The number of sulfonamides is 1. The molecule has 1 fully saturated rings. The number of aromatic nitrogens is 1. The molecule has 2 aromatic carbocycles. The standard InChI is InChI=1S/C20H20ClN3O3S/c21-15-5-7-17(8-6-15)28(26,27)23-16-9-11-24(12-10-16)20(25)19-13-14-3-1-2-4-18(14)22-19/h1-8,13,16,22-23H,9-12H2.